The summed E-state index contributed by atoms with van der Waals surface area (Å²) in [6.07, 6.45) is 4.58. The van der Waals surface area contributed by atoms with Gasteiger partial charge in [0.25, 0.3) is 0 Å². The lowest BCUT2D eigenvalue weighted by Gasteiger charge is -2.05. The minimum atomic E-state index is -0.514. The Morgan fingerprint density at radius 1 is 1.43 bits per heavy atom. The number of Topliss-reactive ketones (excluding diaryl/α,β-unsaturated/α-hetero) is 1. The Labute approximate surface area is 126 Å². The summed E-state index contributed by atoms with van der Waals surface area (Å²) in [6, 6.07) is 1.79. The zero-order valence-corrected chi connectivity index (χ0v) is 12.9. The van der Waals surface area contributed by atoms with E-state index in [1.54, 1.807) is 25.3 Å². The van der Waals surface area contributed by atoms with Gasteiger partial charge < -0.3 is 4.74 Å². The third-order valence-corrected chi connectivity index (χ3v) is 3.75. The fourth-order valence-corrected chi connectivity index (χ4v) is 2.82. The molecule has 0 saturated carbocycles. The van der Waals surface area contributed by atoms with Crippen LogP contribution in [0.5, 0.6) is 0 Å². The zero-order chi connectivity index (χ0) is 15.4. The Bertz CT molecular complexity index is 684. The van der Waals surface area contributed by atoms with Gasteiger partial charge in [-0.15, -0.1) is 11.3 Å². The summed E-state index contributed by atoms with van der Waals surface area (Å²) in [5, 5.41) is 2.70. The lowest BCUT2D eigenvalue weighted by molar-refractivity contribution is -0.136. The number of nitrogens with zero attached hydrogens (tertiary/aromatic N) is 2. The summed E-state index contributed by atoms with van der Waals surface area (Å²) < 4.78 is 6.82. The minimum absolute atomic E-state index is 0.219. The molecule has 0 aliphatic rings. The third-order valence-electron chi connectivity index (χ3n) is 2.99. The molecule has 2 heterocycles. The van der Waals surface area contributed by atoms with Crippen molar-refractivity contribution in [1.82, 2.24) is 9.55 Å². The maximum atomic E-state index is 12.2. The van der Waals surface area contributed by atoms with Crippen LogP contribution in [0.4, 0.5) is 0 Å². The molecule has 5 nitrogen and oxygen atoms in total. The first-order valence-corrected chi connectivity index (χ1v) is 7.34. The molecule has 0 atom stereocenters. The van der Waals surface area contributed by atoms with Crippen molar-refractivity contribution in [3.63, 3.8) is 0 Å². The predicted octanol–water partition coefficient (Wildman–Crippen LogP) is 2.85. The van der Waals surface area contributed by atoms with Gasteiger partial charge in [0.15, 0.2) is 11.7 Å². The van der Waals surface area contributed by atoms with Gasteiger partial charge in [0.1, 0.15) is 0 Å². The number of hydrogen-bond donors (Lipinski definition) is 0. The molecule has 2 aromatic rings. The average molecular weight is 304 g/mol. The molecule has 0 aromatic carbocycles. The average Bonchev–Trinajstić information content (AvgIpc) is 3.04. The fraction of sp³-hybridized carbons (Fsp3) is 0.267. The lowest BCUT2D eigenvalue weighted by atomic mass is 10.1. The van der Waals surface area contributed by atoms with E-state index in [0.29, 0.717) is 5.56 Å². The first-order chi connectivity index (χ1) is 10.0. The van der Waals surface area contributed by atoms with Crippen LogP contribution in [0.15, 0.2) is 29.8 Å². The Hall–Kier alpha value is -2.21. The molecule has 0 radical (unpaired) electrons. The van der Waals surface area contributed by atoms with Crippen molar-refractivity contribution in [1.29, 1.82) is 0 Å². The van der Waals surface area contributed by atoms with Crippen LogP contribution in [0.25, 0.3) is 5.13 Å². The molecule has 2 aromatic heterocycles. The van der Waals surface area contributed by atoms with E-state index in [1.807, 2.05) is 23.8 Å². The number of hydrogen-bond acceptors (Lipinski definition) is 5. The van der Waals surface area contributed by atoms with Crippen LogP contribution >= 0.6 is 11.3 Å². The van der Waals surface area contributed by atoms with Crippen molar-refractivity contribution in [3.05, 3.63) is 46.7 Å². The normalized spacial score (nSPS) is 11.0. The topological polar surface area (TPSA) is 61.2 Å². The number of carbonyl (C=O) groups excluding carboxylic acids is 2. The fourth-order valence-electron chi connectivity index (χ4n) is 2.06. The van der Waals surface area contributed by atoms with Crippen LogP contribution in [-0.4, -0.2) is 27.9 Å². The van der Waals surface area contributed by atoms with Crippen LogP contribution in [0.1, 0.15) is 28.7 Å². The quantitative estimate of drug-likeness (QED) is 0.484. The molecule has 0 unspecified atom stereocenters. The highest BCUT2D eigenvalue weighted by molar-refractivity contribution is 7.12. The number of aryl methyl sites for hydroxylation is 1. The van der Waals surface area contributed by atoms with Gasteiger partial charge in [-0.05, 0) is 26.8 Å². The molecule has 0 fully saturated rings. The molecule has 0 saturated heterocycles. The van der Waals surface area contributed by atoms with Gasteiger partial charge in [0.05, 0.1) is 0 Å². The number of ether oxygens (including phenoxy) is 1. The highest BCUT2D eigenvalue weighted by Gasteiger charge is 2.18. The largest absolute Gasteiger partial charge is 0.454 e. The first-order valence-electron chi connectivity index (χ1n) is 6.46. The number of allylic oxidation sites excluding steroid dienone is 1. The maximum absolute atomic E-state index is 12.2. The number of rotatable bonds is 5. The first kappa shape index (κ1) is 15.2. The Morgan fingerprint density at radius 3 is 2.81 bits per heavy atom. The highest BCUT2D eigenvalue weighted by atomic mass is 32.1. The molecule has 0 N–H and O–H groups in total. The molecule has 0 spiro atoms. The molecule has 6 heteroatoms. The number of aromatic nitrogens is 2. The molecular formula is C15H16N2O3S. The second-order valence-corrected chi connectivity index (χ2v) is 5.34. The summed E-state index contributed by atoms with van der Waals surface area (Å²) in [5.74, 6) is -0.733. The van der Waals surface area contributed by atoms with E-state index in [2.05, 4.69) is 4.98 Å². The van der Waals surface area contributed by atoms with Crippen LogP contribution in [0, 0.1) is 13.8 Å². The molecular weight excluding hydrogens is 288 g/mol. The molecule has 21 heavy (non-hydrogen) atoms. The summed E-state index contributed by atoms with van der Waals surface area (Å²) in [6.45, 7) is 5.22. The number of carbonyl (C=O) groups is 2. The second kappa shape index (κ2) is 6.49. The zero-order valence-electron chi connectivity index (χ0n) is 12.1. The van der Waals surface area contributed by atoms with Crippen LogP contribution in [-0.2, 0) is 9.53 Å². The van der Waals surface area contributed by atoms with Crippen LogP contribution < -0.4 is 0 Å². The van der Waals surface area contributed by atoms with Gasteiger partial charge in [-0.25, -0.2) is 9.78 Å². The lowest BCUT2D eigenvalue weighted by Crippen LogP contribution is -2.13. The summed E-state index contributed by atoms with van der Waals surface area (Å²) in [5.41, 5.74) is 2.27. The molecule has 0 aliphatic heterocycles. The van der Waals surface area contributed by atoms with E-state index < -0.39 is 5.97 Å². The molecule has 0 bridgehead atoms. The summed E-state index contributed by atoms with van der Waals surface area (Å²) >= 11 is 1.50. The van der Waals surface area contributed by atoms with Gasteiger partial charge >= 0.3 is 5.97 Å². The second-order valence-electron chi connectivity index (χ2n) is 4.47. The van der Waals surface area contributed by atoms with Crippen LogP contribution in [0.2, 0.25) is 0 Å². The van der Waals surface area contributed by atoms with Crippen molar-refractivity contribution >= 4 is 23.1 Å². The van der Waals surface area contributed by atoms with E-state index in [9.17, 15) is 9.59 Å². The number of ketones is 1. The van der Waals surface area contributed by atoms with Gasteiger partial charge in [-0.1, -0.05) is 6.08 Å². The molecule has 0 aliphatic carbocycles. The molecule has 110 valence electrons. The van der Waals surface area contributed by atoms with Crippen molar-refractivity contribution in [2.24, 2.45) is 0 Å². The maximum Gasteiger partial charge on any atom is 0.330 e. The van der Waals surface area contributed by atoms with E-state index in [0.717, 1.165) is 16.5 Å². The SMILES string of the molecule is C/C=C/C(=O)OCC(=O)c1cc(C)n(-c2nccs2)c1C. The highest BCUT2D eigenvalue weighted by Crippen LogP contribution is 2.22. The van der Waals surface area contributed by atoms with Crippen molar-refractivity contribution in [3.8, 4) is 5.13 Å². The Morgan fingerprint density at radius 2 is 2.19 bits per heavy atom. The van der Waals surface area contributed by atoms with Gasteiger partial charge in [-0.2, -0.15) is 0 Å². The van der Waals surface area contributed by atoms with Crippen molar-refractivity contribution in [2.45, 2.75) is 20.8 Å². The summed E-state index contributed by atoms with van der Waals surface area (Å²) in [4.78, 5) is 27.7. The van der Waals surface area contributed by atoms with Gasteiger partial charge in [0, 0.05) is 34.6 Å². The Balaban J connectivity index is 2.20. The van der Waals surface area contributed by atoms with Gasteiger partial charge in [0.2, 0.25) is 5.78 Å². The molecule has 0 amide bonds. The standard InChI is InChI=1S/C15H16N2O3S/c1-4-5-14(19)20-9-13(18)12-8-10(2)17(11(12)3)15-16-6-7-21-15/h4-8H,9H2,1-3H3/b5-4+. The van der Waals surface area contributed by atoms with E-state index in [-0.39, 0.29) is 12.4 Å². The van der Waals surface area contributed by atoms with Crippen molar-refractivity contribution in [2.75, 3.05) is 6.61 Å². The summed E-state index contributed by atoms with van der Waals surface area (Å²) in [7, 11) is 0. The number of thiazole rings is 1. The van der Waals surface area contributed by atoms with Crippen molar-refractivity contribution < 1.29 is 14.3 Å². The van der Waals surface area contributed by atoms with Crippen LogP contribution in [0.3, 0.4) is 0 Å². The van der Waals surface area contributed by atoms with Gasteiger partial charge in [-0.3, -0.25) is 9.36 Å². The number of esters is 1. The van der Waals surface area contributed by atoms with E-state index in [1.165, 1.54) is 17.4 Å². The Kier molecular flexibility index (Phi) is 4.70. The van der Waals surface area contributed by atoms with E-state index >= 15 is 0 Å². The molecule has 2 rings (SSSR count). The van der Waals surface area contributed by atoms with E-state index in [4.69, 9.17) is 4.74 Å². The smallest absolute Gasteiger partial charge is 0.330 e. The predicted molar refractivity (Wildman–Crippen MR) is 81.0 cm³/mol. The monoisotopic (exact) mass is 304 g/mol. The third kappa shape index (κ3) is 3.28. The minimum Gasteiger partial charge on any atom is -0.454 e.